The lowest BCUT2D eigenvalue weighted by Gasteiger charge is -2.16. The summed E-state index contributed by atoms with van der Waals surface area (Å²) in [6.07, 6.45) is 1.94. The SMILES string of the molecule is CCCc1nc(NC)cc(NC(C)c2cc(C)sc2C)n1. The number of nitrogens with one attached hydrogen (secondary N) is 2. The Morgan fingerprint density at radius 1 is 1.19 bits per heavy atom. The molecule has 2 N–H and O–H groups in total. The largest absolute Gasteiger partial charge is 0.373 e. The average Bonchev–Trinajstić information content (AvgIpc) is 2.78. The van der Waals surface area contributed by atoms with Crippen LogP contribution < -0.4 is 10.6 Å². The van der Waals surface area contributed by atoms with Crippen LogP contribution in [0.2, 0.25) is 0 Å². The topological polar surface area (TPSA) is 49.8 Å². The van der Waals surface area contributed by atoms with Gasteiger partial charge in [0.1, 0.15) is 17.5 Å². The quantitative estimate of drug-likeness (QED) is 0.834. The highest BCUT2D eigenvalue weighted by atomic mass is 32.1. The number of anilines is 2. The molecule has 0 aromatic carbocycles. The summed E-state index contributed by atoms with van der Waals surface area (Å²) in [5.74, 6) is 2.63. The van der Waals surface area contributed by atoms with Crippen LogP contribution in [0, 0.1) is 13.8 Å². The van der Waals surface area contributed by atoms with Crippen molar-refractivity contribution in [2.24, 2.45) is 0 Å². The van der Waals surface area contributed by atoms with Crippen LogP contribution in [-0.4, -0.2) is 17.0 Å². The molecule has 4 nitrogen and oxygen atoms in total. The van der Waals surface area contributed by atoms with Gasteiger partial charge in [-0.15, -0.1) is 11.3 Å². The van der Waals surface area contributed by atoms with Crippen molar-refractivity contribution < 1.29 is 0 Å². The lowest BCUT2D eigenvalue weighted by molar-refractivity contribution is 0.820. The zero-order valence-corrected chi connectivity index (χ0v) is 14.3. The van der Waals surface area contributed by atoms with Gasteiger partial charge in [0.05, 0.1) is 6.04 Å². The summed E-state index contributed by atoms with van der Waals surface area (Å²) in [4.78, 5) is 11.8. The molecule has 21 heavy (non-hydrogen) atoms. The Hall–Kier alpha value is -1.62. The van der Waals surface area contributed by atoms with Crippen LogP contribution in [-0.2, 0) is 6.42 Å². The van der Waals surface area contributed by atoms with Crippen molar-refractivity contribution in [3.8, 4) is 0 Å². The summed E-state index contributed by atoms with van der Waals surface area (Å²) in [5, 5.41) is 6.61. The van der Waals surface area contributed by atoms with Crippen LogP contribution in [0.5, 0.6) is 0 Å². The van der Waals surface area contributed by atoms with Crippen molar-refractivity contribution in [3.63, 3.8) is 0 Å². The molecule has 0 fully saturated rings. The molecule has 5 heteroatoms. The van der Waals surface area contributed by atoms with Gasteiger partial charge in [0.25, 0.3) is 0 Å². The molecule has 0 amide bonds. The first kappa shape index (κ1) is 15.8. The van der Waals surface area contributed by atoms with Crippen molar-refractivity contribution in [2.75, 3.05) is 17.7 Å². The number of hydrogen-bond acceptors (Lipinski definition) is 5. The molecule has 0 spiro atoms. The number of aromatic nitrogens is 2. The Morgan fingerprint density at radius 2 is 1.90 bits per heavy atom. The summed E-state index contributed by atoms with van der Waals surface area (Å²) in [7, 11) is 1.89. The van der Waals surface area contributed by atoms with Crippen molar-refractivity contribution >= 4 is 23.0 Å². The fraction of sp³-hybridized carbons (Fsp3) is 0.500. The maximum atomic E-state index is 4.61. The van der Waals surface area contributed by atoms with Gasteiger partial charge in [-0.05, 0) is 38.8 Å². The van der Waals surface area contributed by atoms with E-state index in [9.17, 15) is 0 Å². The van der Waals surface area contributed by atoms with Crippen molar-refractivity contribution in [1.82, 2.24) is 9.97 Å². The number of nitrogens with zero attached hydrogens (tertiary/aromatic N) is 2. The Labute approximate surface area is 131 Å². The minimum absolute atomic E-state index is 0.240. The summed E-state index contributed by atoms with van der Waals surface area (Å²) >= 11 is 1.84. The maximum Gasteiger partial charge on any atom is 0.133 e. The van der Waals surface area contributed by atoms with E-state index in [0.717, 1.165) is 30.3 Å². The molecular weight excluding hydrogens is 280 g/mol. The summed E-state index contributed by atoms with van der Waals surface area (Å²) < 4.78 is 0. The lowest BCUT2D eigenvalue weighted by Crippen LogP contribution is -2.10. The molecule has 2 heterocycles. The third kappa shape index (κ3) is 3.94. The lowest BCUT2D eigenvalue weighted by atomic mass is 10.1. The van der Waals surface area contributed by atoms with E-state index in [1.807, 2.05) is 24.5 Å². The van der Waals surface area contributed by atoms with Gasteiger partial charge in [-0.3, -0.25) is 0 Å². The molecule has 2 aromatic heterocycles. The molecule has 0 aliphatic heterocycles. The molecular formula is C16H24N4S. The smallest absolute Gasteiger partial charge is 0.133 e. The van der Waals surface area contributed by atoms with Gasteiger partial charge in [0, 0.05) is 29.3 Å². The highest BCUT2D eigenvalue weighted by Crippen LogP contribution is 2.28. The molecule has 2 rings (SSSR count). The standard InChI is InChI=1S/C16H24N4S/c1-6-7-14-19-15(17-5)9-16(20-14)18-11(3)13-8-10(2)21-12(13)4/h8-9,11H,6-7H2,1-5H3,(H2,17,18,19,20). The van der Waals surface area contributed by atoms with Crippen LogP contribution >= 0.6 is 11.3 Å². The van der Waals surface area contributed by atoms with Gasteiger partial charge >= 0.3 is 0 Å². The number of aryl methyl sites for hydroxylation is 3. The predicted octanol–water partition coefficient (Wildman–Crippen LogP) is 4.32. The molecule has 2 aromatic rings. The van der Waals surface area contributed by atoms with E-state index in [4.69, 9.17) is 0 Å². The monoisotopic (exact) mass is 304 g/mol. The second kappa shape index (κ2) is 6.89. The minimum atomic E-state index is 0.240. The van der Waals surface area contributed by atoms with Crippen molar-refractivity contribution in [2.45, 2.75) is 46.6 Å². The molecule has 0 radical (unpaired) electrons. The van der Waals surface area contributed by atoms with Crippen LogP contribution in [0.25, 0.3) is 0 Å². The van der Waals surface area contributed by atoms with Crippen LogP contribution in [0.15, 0.2) is 12.1 Å². The number of thiophene rings is 1. The van der Waals surface area contributed by atoms with Gasteiger partial charge in [0.2, 0.25) is 0 Å². The predicted molar refractivity (Wildman–Crippen MR) is 91.4 cm³/mol. The van der Waals surface area contributed by atoms with E-state index >= 15 is 0 Å². The highest BCUT2D eigenvalue weighted by molar-refractivity contribution is 7.12. The fourth-order valence-electron chi connectivity index (χ4n) is 2.41. The van der Waals surface area contributed by atoms with E-state index in [0.29, 0.717) is 0 Å². The molecule has 0 aliphatic carbocycles. The Balaban J connectivity index is 2.21. The van der Waals surface area contributed by atoms with Crippen molar-refractivity contribution in [3.05, 3.63) is 33.3 Å². The first-order valence-corrected chi connectivity index (χ1v) is 8.24. The number of rotatable bonds is 6. The highest BCUT2D eigenvalue weighted by Gasteiger charge is 2.12. The molecule has 0 saturated heterocycles. The van der Waals surface area contributed by atoms with Gasteiger partial charge in [-0.1, -0.05) is 6.92 Å². The first-order chi connectivity index (χ1) is 10.0. The average molecular weight is 304 g/mol. The first-order valence-electron chi connectivity index (χ1n) is 7.42. The van der Waals surface area contributed by atoms with E-state index in [2.05, 4.69) is 54.4 Å². The molecule has 0 aliphatic rings. The number of hydrogen-bond donors (Lipinski definition) is 2. The zero-order valence-electron chi connectivity index (χ0n) is 13.4. The van der Waals surface area contributed by atoms with E-state index < -0.39 is 0 Å². The molecule has 1 atom stereocenters. The zero-order chi connectivity index (χ0) is 15.4. The van der Waals surface area contributed by atoms with E-state index in [1.165, 1.54) is 15.3 Å². The van der Waals surface area contributed by atoms with Crippen LogP contribution in [0.4, 0.5) is 11.6 Å². The third-order valence-electron chi connectivity index (χ3n) is 3.41. The van der Waals surface area contributed by atoms with E-state index in [-0.39, 0.29) is 6.04 Å². The second-order valence-corrected chi connectivity index (χ2v) is 6.75. The van der Waals surface area contributed by atoms with E-state index in [1.54, 1.807) is 0 Å². The molecule has 0 bridgehead atoms. The van der Waals surface area contributed by atoms with Gasteiger partial charge in [0.15, 0.2) is 0 Å². The Bertz CT molecular complexity index is 606. The fourth-order valence-corrected chi connectivity index (χ4v) is 3.44. The van der Waals surface area contributed by atoms with Crippen LogP contribution in [0.3, 0.4) is 0 Å². The molecule has 1 unspecified atom stereocenters. The summed E-state index contributed by atoms with van der Waals surface area (Å²) in [5.41, 5.74) is 1.35. The third-order valence-corrected chi connectivity index (χ3v) is 4.39. The minimum Gasteiger partial charge on any atom is -0.373 e. The Morgan fingerprint density at radius 3 is 2.48 bits per heavy atom. The summed E-state index contributed by atoms with van der Waals surface area (Å²) in [6.45, 7) is 8.64. The molecule has 114 valence electrons. The normalized spacial score (nSPS) is 12.2. The Kier molecular flexibility index (Phi) is 5.17. The second-order valence-electron chi connectivity index (χ2n) is 5.29. The van der Waals surface area contributed by atoms with Gasteiger partial charge < -0.3 is 10.6 Å². The van der Waals surface area contributed by atoms with Crippen LogP contribution in [0.1, 0.15) is 47.5 Å². The maximum absolute atomic E-state index is 4.61. The molecule has 0 saturated carbocycles. The van der Waals surface area contributed by atoms with Crippen molar-refractivity contribution in [1.29, 1.82) is 0 Å². The van der Waals surface area contributed by atoms with Gasteiger partial charge in [-0.2, -0.15) is 0 Å². The van der Waals surface area contributed by atoms with Gasteiger partial charge in [-0.25, -0.2) is 9.97 Å². The summed E-state index contributed by atoms with van der Waals surface area (Å²) in [6, 6.07) is 4.46.